The smallest absolute Gasteiger partial charge is 0.258 e. The van der Waals surface area contributed by atoms with E-state index in [1.807, 2.05) is 0 Å². The lowest BCUT2D eigenvalue weighted by Crippen LogP contribution is -2.51. The van der Waals surface area contributed by atoms with Crippen molar-refractivity contribution in [2.75, 3.05) is 0 Å². The molecule has 0 amide bonds. The van der Waals surface area contributed by atoms with Gasteiger partial charge in [-0.25, -0.2) is 0 Å². The molecule has 0 N–H and O–H groups in total. The van der Waals surface area contributed by atoms with Gasteiger partial charge in [0.05, 0.1) is 12.5 Å². The Morgan fingerprint density at radius 1 is 1.00 bits per heavy atom. The fourth-order valence-electron chi connectivity index (χ4n) is 1.14. The molecule has 0 aliphatic heterocycles. The Bertz CT molecular complexity index is 620. The zero-order valence-corrected chi connectivity index (χ0v) is 14.6. The van der Waals surface area contributed by atoms with Crippen molar-refractivity contribution in [3.63, 3.8) is 0 Å². The van der Waals surface area contributed by atoms with Gasteiger partial charge in [-0.2, -0.15) is 0 Å². The molecule has 0 atom stereocenters. The van der Waals surface area contributed by atoms with Crippen LogP contribution in [0.3, 0.4) is 0 Å². The predicted molar refractivity (Wildman–Crippen MR) is 88.6 cm³/mol. The summed E-state index contributed by atoms with van der Waals surface area (Å²) in [6, 6.07) is 6.21. The highest BCUT2D eigenvalue weighted by Crippen LogP contribution is 2.17. The van der Waals surface area contributed by atoms with Gasteiger partial charge in [0, 0.05) is 17.7 Å². The Morgan fingerprint density at radius 3 is 2.00 bits per heavy atom. The van der Waals surface area contributed by atoms with Crippen molar-refractivity contribution in [2.45, 2.75) is 32.7 Å². The molecule has 1 aromatic rings. The number of non-ortho nitro benzene ring substituents is 1. The van der Waals surface area contributed by atoms with Crippen molar-refractivity contribution >= 4 is 20.9 Å². The Kier molecular flexibility index (Phi) is 4.94. The molecule has 0 aliphatic carbocycles. The third kappa shape index (κ3) is 4.38. The average Bonchev–Trinajstić information content (AvgIpc) is 2.34. The summed E-state index contributed by atoms with van der Waals surface area (Å²) in [4.78, 5) is 10.1. The first-order valence-corrected chi connectivity index (χ1v) is 13.9. The molecule has 0 bridgehead atoms. The molecule has 0 aromatic heterocycles. The first-order valence-electron chi connectivity index (χ1n) is 6.41. The molecule has 104 valence electrons. The molecule has 0 aliphatic rings. The van der Waals surface area contributed by atoms with Crippen molar-refractivity contribution in [3.05, 3.63) is 39.9 Å². The molecule has 1 rings (SSSR count). The summed E-state index contributed by atoms with van der Waals surface area (Å²) in [5.74, 6) is 8.75. The van der Waals surface area contributed by atoms with E-state index in [0.29, 0.717) is 0 Å². The molecule has 0 heterocycles. The van der Waals surface area contributed by atoms with Crippen molar-refractivity contribution in [2.24, 2.45) is 0 Å². The van der Waals surface area contributed by atoms with Gasteiger partial charge in [0.1, 0.15) is 7.59 Å². The zero-order valence-electron chi connectivity index (χ0n) is 12.6. The van der Waals surface area contributed by atoms with Crippen LogP contribution in [0.5, 0.6) is 0 Å². The van der Waals surface area contributed by atoms with Gasteiger partial charge in [0.2, 0.25) is 0 Å². The molecule has 0 fully saturated rings. The van der Waals surface area contributed by atoms with E-state index >= 15 is 0 Å². The Morgan fingerprint density at radius 2 is 1.55 bits per heavy atom. The van der Waals surface area contributed by atoms with Gasteiger partial charge in [-0.3, -0.25) is 10.1 Å². The van der Waals surface area contributed by atoms with Crippen LogP contribution in [0.15, 0.2) is 24.3 Å². The first-order chi connectivity index (χ1) is 9.13. The fraction of sp³-hybridized carbons (Fsp3) is 0.333. The van der Waals surface area contributed by atoms with E-state index in [0.717, 1.165) is 5.56 Å². The number of nitrogens with zero attached hydrogens (tertiary/aromatic N) is 1. The predicted octanol–water partition coefficient (Wildman–Crippen LogP) is 3.61. The lowest BCUT2D eigenvalue weighted by Gasteiger charge is -2.29. The van der Waals surface area contributed by atoms with E-state index in [9.17, 15) is 10.1 Å². The number of nitro groups is 1. The minimum absolute atomic E-state index is 0.0777. The van der Waals surface area contributed by atoms with Crippen LogP contribution >= 0.6 is 0 Å². The van der Waals surface area contributed by atoms with Gasteiger partial charge in [-0.1, -0.05) is 38.7 Å². The number of hydrogen-bond donors (Lipinski definition) is 0. The topological polar surface area (TPSA) is 43.1 Å². The number of nitro benzene ring substituents is 1. The highest BCUT2D eigenvalue weighted by Gasteiger charge is 2.35. The SMILES string of the molecule is C[Si](C)(C)[Si](C)(C)C#CC#Cc1ccc([N+](=O)[O-])cc1. The molecule has 0 radical (unpaired) electrons. The van der Waals surface area contributed by atoms with Gasteiger partial charge < -0.3 is 0 Å². The average molecular weight is 301 g/mol. The van der Waals surface area contributed by atoms with Crippen molar-refractivity contribution in [1.29, 1.82) is 0 Å². The second-order valence-corrected chi connectivity index (χ2v) is 22.4. The van der Waals surface area contributed by atoms with Crippen LogP contribution in [-0.4, -0.2) is 20.1 Å². The standard InChI is InChI=1S/C15H19NO2Si2/c1-19(2,3)20(4,5)13-7-6-8-14-9-11-15(12-10-14)16(17)18/h9-12H,1-5H3. The summed E-state index contributed by atoms with van der Waals surface area (Å²) in [5.41, 5.74) is 4.19. The summed E-state index contributed by atoms with van der Waals surface area (Å²) in [6.07, 6.45) is 0. The van der Waals surface area contributed by atoms with Crippen LogP contribution in [0.25, 0.3) is 0 Å². The van der Waals surface area contributed by atoms with Crippen LogP contribution in [0.4, 0.5) is 5.69 Å². The quantitative estimate of drug-likeness (QED) is 0.362. The van der Waals surface area contributed by atoms with Gasteiger partial charge in [0.25, 0.3) is 5.69 Å². The van der Waals surface area contributed by atoms with E-state index in [-0.39, 0.29) is 5.69 Å². The second-order valence-electron chi connectivity index (χ2n) is 6.18. The molecule has 5 heteroatoms. The van der Waals surface area contributed by atoms with Gasteiger partial charge >= 0.3 is 0 Å². The van der Waals surface area contributed by atoms with Crippen molar-refractivity contribution in [3.8, 4) is 23.3 Å². The van der Waals surface area contributed by atoms with E-state index in [1.165, 1.54) is 12.1 Å². The van der Waals surface area contributed by atoms with Gasteiger partial charge in [-0.05, 0) is 24.0 Å². The summed E-state index contributed by atoms with van der Waals surface area (Å²) >= 11 is 0. The molecule has 20 heavy (non-hydrogen) atoms. The highest BCUT2D eigenvalue weighted by atomic mass is 29.3. The summed E-state index contributed by atoms with van der Waals surface area (Å²) in [6.45, 7) is 11.6. The van der Waals surface area contributed by atoms with E-state index < -0.39 is 20.1 Å². The Labute approximate surface area is 122 Å². The molecule has 0 spiro atoms. The number of benzene rings is 1. The van der Waals surface area contributed by atoms with E-state index in [1.54, 1.807) is 12.1 Å². The number of rotatable bonds is 2. The molecule has 1 aromatic carbocycles. The largest absolute Gasteiger partial charge is 0.269 e. The van der Waals surface area contributed by atoms with Gasteiger partial charge in [0.15, 0.2) is 0 Å². The highest BCUT2D eigenvalue weighted by molar-refractivity contribution is 7.43. The first kappa shape index (κ1) is 16.2. The lowest BCUT2D eigenvalue weighted by molar-refractivity contribution is -0.384. The number of hydrogen-bond acceptors (Lipinski definition) is 2. The summed E-state index contributed by atoms with van der Waals surface area (Å²) < 4.78 is 0. The lowest BCUT2D eigenvalue weighted by atomic mass is 10.2. The monoisotopic (exact) mass is 301 g/mol. The molecule has 0 saturated heterocycles. The minimum Gasteiger partial charge on any atom is -0.258 e. The maximum atomic E-state index is 10.5. The molecule has 0 unspecified atom stereocenters. The summed E-state index contributed by atoms with van der Waals surface area (Å²) in [5, 5.41) is 10.5. The third-order valence-electron chi connectivity index (χ3n) is 3.60. The van der Waals surface area contributed by atoms with Gasteiger partial charge in [-0.15, -0.1) is 5.54 Å². The third-order valence-corrected chi connectivity index (χ3v) is 19.7. The van der Waals surface area contributed by atoms with Crippen LogP contribution < -0.4 is 0 Å². The normalized spacial score (nSPS) is 10.8. The fourth-order valence-corrected chi connectivity index (χ4v) is 3.21. The van der Waals surface area contributed by atoms with Crippen molar-refractivity contribution < 1.29 is 4.92 Å². The maximum Gasteiger partial charge on any atom is 0.269 e. The van der Waals surface area contributed by atoms with Crippen LogP contribution in [-0.2, 0) is 0 Å². The van der Waals surface area contributed by atoms with E-state index in [4.69, 9.17) is 0 Å². The van der Waals surface area contributed by atoms with Crippen LogP contribution in [0, 0.1) is 33.4 Å². The van der Waals surface area contributed by atoms with Crippen molar-refractivity contribution in [1.82, 2.24) is 0 Å². The second kappa shape index (κ2) is 6.08. The molecule has 3 nitrogen and oxygen atoms in total. The molecule has 0 saturated carbocycles. The summed E-state index contributed by atoms with van der Waals surface area (Å²) in [7, 11) is -2.69. The van der Waals surface area contributed by atoms with E-state index in [2.05, 4.69) is 56.0 Å². The van der Waals surface area contributed by atoms with Crippen LogP contribution in [0.1, 0.15) is 5.56 Å². The zero-order chi connectivity index (χ0) is 15.4. The Balaban J connectivity index is 2.85. The minimum atomic E-state index is -1.48. The molecular formula is C15H19NO2Si2. The maximum absolute atomic E-state index is 10.5. The molecular weight excluding hydrogens is 282 g/mol. The van der Waals surface area contributed by atoms with Crippen LogP contribution in [0.2, 0.25) is 32.7 Å². The Hall–Kier alpha value is -1.83.